The highest BCUT2D eigenvalue weighted by Crippen LogP contribution is 2.34. The van der Waals surface area contributed by atoms with E-state index in [1.165, 1.54) is 4.90 Å². The van der Waals surface area contributed by atoms with Gasteiger partial charge in [0.15, 0.2) is 18.0 Å². The van der Waals surface area contributed by atoms with E-state index in [1.807, 2.05) is 18.2 Å². The van der Waals surface area contributed by atoms with Crippen LogP contribution in [0, 0.1) is 5.92 Å². The van der Waals surface area contributed by atoms with E-state index in [-0.39, 0.29) is 17.9 Å². The first-order chi connectivity index (χ1) is 12.1. The lowest BCUT2D eigenvalue weighted by Gasteiger charge is -2.27. The molecule has 3 rings (SSSR count). The second-order valence-electron chi connectivity index (χ2n) is 7.09. The number of hydrogen-bond acceptors (Lipinski definition) is 4. The zero-order chi connectivity index (χ0) is 17.6. The molecule has 138 valence electrons. The number of fused-ring (bicyclic) bond motifs is 1. The van der Waals surface area contributed by atoms with Crippen molar-refractivity contribution >= 4 is 5.91 Å². The van der Waals surface area contributed by atoms with E-state index < -0.39 is 0 Å². The number of benzene rings is 1. The number of carbonyl (C=O) groups excluding carboxylic acids is 1. The molecule has 0 radical (unpaired) electrons. The van der Waals surface area contributed by atoms with E-state index in [0.717, 1.165) is 49.8 Å². The molecule has 25 heavy (non-hydrogen) atoms. The van der Waals surface area contributed by atoms with Gasteiger partial charge in [0.1, 0.15) is 13.1 Å². The Kier molecular flexibility index (Phi) is 6.15. The average Bonchev–Trinajstić information content (AvgIpc) is 2.85. The van der Waals surface area contributed by atoms with Gasteiger partial charge < -0.3 is 24.4 Å². The smallest absolute Gasteiger partial charge is 0.275 e. The highest BCUT2D eigenvalue weighted by Gasteiger charge is 2.24. The summed E-state index contributed by atoms with van der Waals surface area (Å²) in [5.74, 6) is 1.93. The van der Waals surface area contributed by atoms with Gasteiger partial charge in [0, 0.05) is 6.42 Å². The topological polar surface area (TPSA) is 61.2 Å². The van der Waals surface area contributed by atoms with Crippen molar-refractivity contribution in [2.45, 2.75) is 26.3 Å². The Bertz CT molecular complexity index is 585. The van der Waals surface area contributed by atoms with Crippen molar-refractivity contribution in [3.8, 4) is 11.5 Å². The fraction of sp³-hybridized carbons (Fsp3) is 0.632. The van der Waals surface area contributed by atoms with Crippen molar-refractivity contribution < 1.29 is 23.9 Å². The minimum atomic E-state index is -0.0370. The molecule has 0 aliphatic carbocycles. The van der Waals surface area contributed by atoms with Crippen LogP contribution in [0.1, 0.15) is 31.9 Å². The summed E-state index contributed by atoms with van der Waals surface area (Å²) in [5, 5.41) is 3.21. The maximum absolute atomic E-state index is 12.5. The lowest BCUT2D eigenvalue weighted by molar-refractivity contribution is -0.900. The van der Waals surface area contributed by atoms with Gasteiger partial charge in [-0.2, -0.15) is 0 Å². The van der Waals surface area contributed by atoms with Crippen LogP contribution in [0.25, 0.3) is 0 Å². The molecule has 1 aromatic rings. The van der Waals surface area contributed by atoms with Gasteiger partial charge in [0.05, 0.1) is 32.5 Å². The molecular formula is C19H29N2O4+. The quantitative estimate of drug-likeness (QED) is 0.816. The van der Waals surface area contributed by atoms with Crippen LogP contribution in [0.15, 0.2) is 18.2 Å². The fourth-order valence-corrected chi connectivity index (χ4v) is 3.30. The monoisotopic (exact) mass is 349 g/mol. The van der Waals surface area contributed by atoms with E-state index in [2.05, 4.69) is 19.2 Å². The number of nitrogens with one attached hydrogen (secondary N) is 2. The molecule has 0 aromatic heterocycles. The van der Waals surface area contributed by atoms with E-state index in [0.29, 0.717) is 19.8 Å². The summed E-state index contributed by atoms with van der Waals surface area (Å²) in [6, 6.07) is 5.95. The second-order valence-corrected chi connectivity index (χ2v) is 7.09. The molecule has 0 bridgehead atoms. The molecule has 0 saturated carbocycles. The van der Waals surface area contributed by atoms with Crippen LogP contribution in [-0.4, -0.2) is 52.0 Å². The van der Waals surface area contributed by atoms with Crippen molar-refractivity contribution in [1.29, 1.82) is 0 Å². The molecule has 1 amide bonds. The molecular weight excluding hydrogens is 320 g/mol. The number of amides is 1. The summed E-state index contributed by atoms with van der Waals surface area (Å²) in [7, 11) is 0. The first-order valence-electron chi connectivity index (χ1n) is 9.23. The number of rotatable bonds is 5. The highest BCUT2D eigenvalue weighted by molar-refractivity contribution is 5.77. The number of ether oxygens (including phenoxy) is 3. The minimum absolute atomic E-state index is 0.0370. The number of hydrogen-bond donors (Lipinski definition) is 2. The molecule has 1 saturated heterocycles. The molecule has 0 spiro atoms. The third-order valence-electron chi connectivity index (χ3n) is 4.72. The molecule has 2 heterocycles. The largest absolute Gasteiger partial charge is 0.490 e. The van der Waals surface area contributed by atoms with Crippen molar-refractivity contribution in [2.24, 2.45) is 5.92 Å². The summed E-state index contributed by atoms with van der Waals surface area (Å²) in [6.07, 6.45) is 0.886. The predicted molar refractivity (Wildman–Crippen MR) is 94.2 cm³/mol. The maximum atomic E-state index is 12.5. The Hall–Kier alpha value is -1.79. The van der Waals surface area contributed by atoms with Crippen LogP contribution < -0.4 is 19.7 Å². The molecule has 2 N–H and O–H groups in total. The molecule has 1 atom stereocenters. The number of morpholine rings is 1. The zero-order valence-corrected chi connectivity index (χ0v) is 15.2. The Morgan fingerprint density at radius 3 is 2.56 bits per heavy atom. The van der Waals surface area contributed by atoms with Gasteiger partial charge in [-0.3, -0.25) is 4.79 Å². The first kappa shape index (κ1) is 18.0. The molecule has 2 aliphatic rings. The summed E-state index contributed by atoms with van der Waals surface area (Å²) in [4.78, 5) is 13.8. The number of quaternary nitrogens is 1. The molecule has 1 aromatic carbocycles. The Balaban J connectivity index is 1.68. The average molecular weight is 349 g/mol. The van der Waals surface area contributed by atoms with Gasteiger partial charge in [-0.05, 0) is 23.6 Å². The summed E-state index contributed by atoms with van der Waals surface area (Å²) < 4.78 is 16.8. The summed E-state index contributed by atoms with van der Waals surface area (Å²) in [5.41, 5.74) is 1.06. The third kappa shape index (κ3) is 4.86. The molecule has 0 unspecified atom stereocenters. The maximum Gasteiger partial charge on any atom is 0.275 e. The van der Waals surface area contributed by atoms with Crippen molar-refractivity contribution in [2.75, 3.05) is 46.1 Å². The van der Waals surface area contributed by atoms with Crippen LogP contribution in [0.2, 0.25) is 0 Å². The normalized spacial score (nSPS) is 19.3. The minimum Gasteiger partial charge on any atom is -0.490 e. The molecule has 1 fully saturated rings. The van der Waals surface area contributed by atoms with Gasteiger partial charge >= 0.3 is 0 Å². The number of carbonyl (C=O) groups is 1. The summed E-state index contributed by atoms with van der Waals surface area (Å²) in [6.45, 7) is 9.33. The second kappa shape index (κ2) is 8.54. The van der Waals surface area contributed by atoms with Gasteiger partial charge in [0.2, 0.25) is 0 Å². The first-order valence-corrected chi connectivity index (χ1v) is 9.23. The lowest BCUT2D eigenvalue weighted by atomic mass is 9.95. The van der Waals surface area contributed by atoms with E-state index in [9.17, 15) is 4.79 Å². The molecule has 2 aliphatic heterocycles. The van der Waals surface area contributed by atoms with Crippen LogP contribution in [0.4, 0.5) is 0 Å². The van der Waals surface area contributed by atoms with Crippen LogP contribution in [0.3, 0.4) is 0 Å². The van der Waals surface area contributed by atoms with E-state index >= 15 is 0 Å². The lowest BCUT2D eigenvalue weighted by Crippen LogP contribution is -3.15. The van der Waals surface area contributed by atoms with Crippen molar-refractivity contribution in [3.63, 3.8) is 0 Å². The molecule has 6 heteroatoms. The summed E-state index contributed by atoms with van der Waals surface area (Å²) >= 11 is 0. The standard InChI is InChI=1S/C19H28N2O4/c1-14(2)19(20-18(22)13-21-6-10-23-11-7-21)15-4-5-16-17(12-15)25-9-3-8-24-16/h4-5,12,14,19H,3,6-11,13H2,1-2H3,(H,20,22)/p+1/t19-/m0/s1. The zero-order valence-electron chi connectivity index (χ0n) is 15.2. The van der Waals surface area contributed by atoms with Crippen LogP contribution in [-0.2, 0) is 9.53 Å². The van der Waals surface area contributed by atoms with E-state index in [1.54, 1.807) is 0 Å². The Labute approximate surface area is 149 Å². The highest BCUT2D eigenvalue weighted by atomic mass is 16.5. The fourth-order valence-electron chi connectivity index (χ4n) is 3.30. The van der Waals surface area contributed by atoms with Crippen LogP contribution >= 0.6 is 0 Å². The van der Waals surface area contributed by atoms with Gasteiger partial charge in [-0.25, -0.2) is 0 Å². The predicted octanol–water partition coefficient (Wildman–Crippen LogP) is 0.576. The van der Waals surface area contributed by atoms with E-state index in [4.69, 9.17) is 14.2 Å². The van der Waals surface area contributed by atoms with Gasteiger partial charge in [-0.15, -0.1) is 0 Å². The van der Waals surface area contributed by atoms with Crippen LogP contribution in [0.5, 0.6) is 11.5 Å². The van der Waals surface area contributed by atoms with Gasteiger partial charge in [-0.1, -0.05) is 19.9 Å². The SMILES string of the molecule is CC(C)[C@H](NC(=O)C[NH+]1CCOCC1)c1ccc2c(c1)OCCCO2. The van der Waals surface area contributed by atoms with Crippen molar-refractivity contribution in [1.82, 2.24) is 5.32 Å². The molecule has 6 nitrogen and oxygen atoms in total. The van der Waals surface area contributed by atoms with Gasteiger partial charge in [0.25, 0.3) is 5.91 Å². The van der Waals surface area contributed by atoms with Crippen molar-refractivity contribution in [3.05, 3.63) is 23.8 Å². The Morgan fingerprint density at radius 2 is 1.84 bits per heavy atom. The third-order valence-corrected chi connectivity index (χ3v) is 4.72. The Morgan fingerprint density at radius 1 is 1.12 bits per heavy atom.